The van der Waals surface area contributed by atoms with Crippen molar-refractivity contribution in [3.8, 4) is 11.5 Å². The normalized spacial score (nSPS) is 21.3. The van der Waals surface area contributed by atoms with Crippen LogP contribution in [0.2, 0.25) is 0 Å². The molecule has 2 heterocycles. The molecule has 2 aliphatic rings. The number of fused-ring (bicyclic) bond motifs is 1. The lowest BCUT2D eigenvalue weighted by Crippen LogP contribution is -2.23. The van der Waals surface area contributed by atoms with Gasteiger partial charge < -0.3 is 20.3 Å². The van der Waals surface area contributed by atoms with Crippen molar-refractivity contribution in [3.63, 3.8) is 0 Å². The molecule has 2 atom stereocenters. The monoisotopic (exact) mass is 368 g/mol. The van der Waals surface area contributed by atoms with Gasteiger partial charge in [0.25, 0.3) is 0 Å². The summed E-state index contributed by atoms with van der Waals surface area (Å²) >= 11 is 0. The van der Waals surface area contributed by atoms with Gasteiger partial charge in [-0.2, -0.15) is 0 Å². The van der Waals surface area contributed by atoms with Crippen LogP contribution in [0.15, 0.2) is 42.5 Å². The molecule has 0 bridgehead atoms. The Morgan fingerprint density at radius 1 is 1.07 bits per heavy atom. The van der Waals surface area contributed by atoms with Crippen molar-refractivity contribution >= 4 is 11.9 Å². The molecule has 27 heavy (non-hydrogen) atoms. The second kappa shape index (κ2) is 6.92. The van der Waals surface area contributed by atoms with Crippen molar-refractivity contribution < 1.29 is 24.2 Å². The van der Waals surface area contributed by atoms with Crippen LogP contribution in [-0.4, -0.2) is 41.8 Å². The van der Waals surface area contributed by atoms with Crippen LogP contribution in [0.4, 0.5) is 0 Å². The number of rotatable bonds is 5. The molecule has 0 unspecified atom stereocenters. The van der Waals surface area contributed by atoms with Gasteiger partial charge in [-0.1, -0.05) is 18.2 Å². The number of primary amides is 1. The Labute approximate surface area is 156 Å². The highest BCUT2D eigenvalue weighted by atomic mass is 16.7. The minimum atomic E-state index is -0.802. The van der Waals surface area contributed by atoms with E-state index in [4.69, 9.17) is 15.2 Å². The molecule has 7 nitrogen and oxygen atoms in total. The Kier molecular flexibility index (Phi) is 4.45. The lowest BCUT2D eigenvalue weighted by Gasteiger charge is -2.16. The van der Waals surface area contributed by atoms with Crippen LogP contribution in [0.3, 0.4) is 0 Å². The van der Waals surface area contributed by atoms with E-state index in [1.807, 2.05) is 30.3 Å². The second-order valence-electron chi connectivity index (χ2n) is 6.92. The summed E-state index contributed by atoms with van der Waals surface area (Å²) in [5.41, 5.74) is 7.68. The third-order valence-corrected chi connectivity index (χ3v) is 5.18. The molecule has 2 aromatic rings. The number of hydrogen-bond acceptors (Lipinski definition) is 5. The zero-order valence-electron chi connectivity index (χ0n) is 14.6. The van der Waals surface area contributed by atoms with Gasteiger partial charge in [0.1, 0.15) is 0 Å². The number of nitrogens with two attached hydrogens (primary N) is 1. The number of amides is 1. The maximum absolute atomic E-state index is 11.8. The van der Waals surface area contributed by atoms with Gasteiger partial charge in [-0.25, -0.2) is 0 Å². The molecule has 140 valence electrons. The number of carboxylic acids is 1. The van der Waals surface area contributed by atoms with Crippen LogP contribution in [0.25, 0.3) is 0 Å². The number of carbonyl (C=O) groups excluding carboxylic acids is 1. The molecule has 0 spiro atoms. The van der Waals surface area contributed by atoms with Gasteiger partial charge in [-0.05, 0) is 35.4 Å². The molecule has 4 rings (SSSR count). The number of carbonyl (C=O) groups is 2. The molecule has 2 aliphatic heterocycles. The van der Waals surface area contributed by atoms with Gasteiger partial charge >= 0.3 is 5.97 Å². The summed E-state index contributed by atoms with van der Waals surface area (Å²) in [6.45, 7) is 1.91. The predicted octanol–water partition coefficient (Wildman–Crippen LogP) is 1.81. The molecular weight excluding hydrogens is 348 g/mol. The maximum atomic E-state index is 11.8. The van der Waals surface area contributed by atoms with Crippen LogP contribution in [0.5, 0.6) is 11.5 Å². The minimum absolute atomic E-state index is 0.123. The summed E-state index contributed by atoms with van der Waals surface area (Å²) < 4.78 is 10.8. The first-order valence-corrected chi connectivity index (χ1v) is 8.74. The Morgan fingerprint density at radius 2 is 1.81 bits per heavy atom. The fourth-order valence-electron chi connectivity index (χ4n) is 3.78. The first kappa shape index (κ1) is 17.4. The topological polar surface area (TPSA) is 102 Å². The first-order valence-electron chi connectivity index (χ1n) is 8.74. The van der Waals surface area contributed by atoms with E-state index in [0.29, 0.717) is 36.7 Å². The number of aliphatic carboxylic acids is 1. The van der Waals surface area contributed by atoms with Crippen molar-refractivity contribution in [1.29, 1.82) is 0 Å². The molecule has 1 amide bonds. The minimum Gasteiger partial charge on any atom is -0.481 e. The Hall–Kier alpha value is -3.06. The van der Waals surface area contributed by atoms with Gasteiger partial charge in [0.2, 0.25) is 12.7 Å². The van der Waals surface area contributed by atoms with Crippen LogP contribution >= 0.6 is 0 Å². The van der Waals surface area contributed by atoms with Crippen molar-refractivity contribution in [2.24, 2.45) is 11.7 Å². The van der Waals surface area contributed by atoms with Crippen LogP contribution in [0, 0.1) is 5.92 Å². The summed E-state index contributed by atoms with van der Waals surface area (Å²) in [5.74, 6) is -0.523. The lowest BCUT2D eigenvalue weighted by molar-refractivity contribution is -0.141. The van der Waals surface area contributed by atoms with Crippen LogP contribution < -0.4 is 15.2 Å². The molecule has 1 saturated heterocycles. The van der Waals surface area contributed by atoms with E-state index >= 15 is 0 Å². The second-order valence-corrected chi connectivity index (χ2v) is 6.92. The molecule has 7 heteroatoms. The quantitative estimate of drug-likeness (QED) is 0.835. The molecule has 2 aromatic carbocycles. The molecule has 0 aliphatic carbocycles. The van der Waals surface area contributed by atoms with Crippen LogP contribution in [0.1, 0.15) is 27.4 Å². The number of carboxylic acid groups (broad SMARTS) is 1. The number of hydrogen-bond donors (Lipinski definition) is 2. The lowest BCUT2D eigenvalue weighted by atomic mass is 9.89. The maximum Gasteiger partial charge on any atom is 0.308 e. The summed E-state index contributed by atoms with van der Waals surface area (Å²) in [6, 6.07) is 12.7. The van der Waals surface area contributed by atoms with Gasteiger partial charge in [-0.15, -0.1) is 0 Å². The average molecular weight is 368 g/mol. The number of benzene rings is 2. The van der Waals surface area contributed by atoms with Crippen molar-refractivity contribution in [2.75, 3.05) is 19.9 Å². The highest BCUT2D eigenvalue weighted by Crippen LogP contribution is 2.39. The molecule has 1 fully saturated rings. The summed E-state index contributed by atoms with van der Waals surface area (Å²) in [5, 5.41) is 9.69. The zero-order chi connectivity index (χ0) is 19.0. The zero-order valence-corrected chi connectivity index (χ0v) is 14.6. The summed E-state index contributed by atoms with van der Waals surface area (Å²) in [6.07, 6.45) is 0. The highest BCUT2D eigenvalue weighted by molar-refractivity contribution is 5.92. The average Bonchev–Trinajstić information content (AvgIpc) is 3.28. The summed E-state index contributed by atoms with van der Waals surface area (Å²) in [7, 11) is 0. The van der Waals surface area contributed by atoms with Crippen molar-refractivity contribution in [1.82, 2.24) is 4.90 Å². The fraction of sp³-hybridized carbons (Fsp3) is 0.300. The van der Waals surface area contributed by atoms with E-state index in [1.54, 1.807) is 12.1 Å². The van der Waals surface area contributed by atoms with E-state index in [0.717, 1.165) is 11.1 Å². The van der Waals surface area contributed by atoms with E-state index in [-0.39, 0.29) is 12.7 Å². The Balaban J connectivity index is 1.51. The first-order chi connectivity index (χ1) is 13.0. The molecule has 3 N–H and O–H groups in total. The molecular formula is C20H20N2O5. The van der Waals surface area contributed by atoms with Gasteiger partial charge in [0.15, 0.2) is 11.5 Å². The third kappa shape index (κ3) is 3.46. The van der Waals surface area contributed by atoms with Crippen LogP contribution in [-0.2, 0) is 11.3 Å². The number of ether oxygens (including phenoxy) is 2. The number of likely N-dealkylation sites (tertiary alicyclic amines) is 1. The molecule has 0 aromatic heterocycles. The Bertz CT molecular complexity index is 880. The highest BCUT2D eigenvalue weighted by Gasteiger charge is 2.39. The smallest absolute Gasteiger partial charge is 0.308 e. The van der Waals surface area contributed by atoms with Gasteiger partial charge in [0, 0.05) is 31.1 Å². The van der Waals surface area contributed by atoms with E-state index in [2.05, 4.69) is 4.90 Å². The SMILES string of the molecule is NC(=O)c1ccc(CN2C[C@H](C(=O)O)[C@@H](c3ccc4c(c3)OCO4)C2)cc1. The van der Waals surface area contributed by atoms with E-state index < -0.39 is 17.8 Å². The Morgan fingerprint density at radius 3 is 2.52 bits per heavy atom. The third-order valence-electron chi connectivity index (χ3n) is 5.18. The van der Waals surface area contributed by atoms with E-state index in [1.165, 1.54) is 0 Å². The largest absolute Gasteiger partial charge is 0.481 e. The number of nitrogens with zero attached hydrogens (tertiary/aromatic N) is 1. The molecule has 0 saturated carbocycles. The fourth-order valence-corrected chi connectivity index (χ4v) is 3.78. The van der Waals surface area contributed by atoms with E-state index in [9.17, 15) is 14.7 Å². The molecule has 0 radical (unpaired) electrons. The van der Waals surface area contributed by atoms with Crippen molar-refractivity contribution in [3.05, 3.63) is 59.2 Å². The standard InChI is InChI=1S/C20H20N2O5/c21-19(23)13-3-1-12(2-4-13)8-22-9-15(16(10-22)20(24)25)14-5-6-17-18(7-14)27-11-26-17/h1-7,15-16H,8-11H2,(H2,21,23)(H,24,25)/t15-,16+/m1/s1. The van der Waals surface area contributed by atoms with Crippen molar-refractivity contribution in [2.45, 2.75) is 12.5 Å². The summed E-state index contributed by atoms with van der Waals surface area (Å²) in [4.78, 5) is 25.1. The predicted molar refractivity (Wildman–Crippen MR) is 96.7 cm³/mol. The van der Waals surface area contributed by atoms with Gasteiger partial charge in [0.05, 0.1) is 5.92 Å². The van der Waals surface area contributed by atoms with Gasteiger partial charge in [-0.3, -0.25) is 14.5 Å².